The molecule has 6 rings (SSSR count). The lowest BCUT2D eigenvalue weighted by Crippen LogP contribution is -2.29. The molecular formula is C33H34N4OS. The quantitative estimate of drug-likeness (QED) is 0.239. The Morgan fingerprint density at radius 1 is 0.923 bits per heavy atom. The second-order valence-corrected chi connectivity index (χ2v) is 11.3. The molecule has 3 aromatic carbocycles. The van der Waals surface area contributed by atoms with Gasteiger partial charge in [-0.25, -0.2) is 4.99 Å². The van der Waals surface area contributed by atoms with Crippen LogP contribution in [0.4, 0.5) is 11.4 Å². The third-order valence-corrected chi connectivity index (χ3v) is 8.59. The molecular weight excluding hydrogens is 500 g/mol. The minimum Gasteiger partial charge on any atom is -0.372 e. The van der Waals surface area contributed by atoms with Gasteiger partial charge < -0.3 is 9.47 Å². The number of anilines is 1. The van der Waals surface area contributed by atoms with E-state index in [-0.39, 0.29) is 5.91 Å². The summed E-state index contributed by atoms with van der Waals surface area (Å²) >= 11 is 1.46. The van der Waals surface area contributed by atoms with Gasteiger partial charge in [-0.3, -0.25) is 9.69 Å². The summed E-state index contributed by atoms with van der Waals surface area (Å²) in [5.74, 6) is 0.0153. The molecule has 0 atom stereocenters. The fraction of sp³-hybridized carbons (Fsp3) is 0.273. The third-order valence-electron chi connectivity index (χ3n) is 7.58. The largest absolute Gasteiger partial charge is 0.372 e. The summed E-state index contributed by atoms with van der Waals surface area (Å²) in [5.41, 5.74) is 6.86. The van der Waals surface area contributed by atoms with Crippen molar-refractivity contribution in [2.45, 2.75) is 39.7 Å². The van der Waals surface area contributed by atoms with Crippen molar-refractivity contribution in [2.75, 3.05) is 24.5 Å². The number of para-hydroxylation sites is 1. The summed E-state index contributed by atoms with van der Waals surface area (Å²) in [6, 6.07) is 25.5. The maximum Gasteiger partial charge on any atom is 0.266 e. The summed E-state index contributed by atoms with van der Waals surface area (Å²) in [6.45, 7) is 7.73. The number of amidine groups is 1. The minimum absolute atomic E-state index is 0.0153. The van der Waals surface area contributed by atoms with Gasteiger partial charge in [0, 0.05) is 54.5 Å². The second-order valence-electron chi connectivity index (χ2n) is 10.3. The summed E-state index contributed by atoms with van der Waals surface area (Å²) in [7, 11) is 0. The smallest absolute Gasteiger partial charge is 0.266 e. The third kappa shape index (κ3) is 5.39. The number of nitrogens with zero attached hydrogens (tertiary/aromatic N) is 4. The normalized spacial score (nSPS) is 18.2. The van der Waals surface area contributed by atoms with Crippen molar-refractivity contribution in [1.29, 1.82) is 0 Å². The number of piperidine rings is 1. The number of carbonyl (C=O) groups excluding carboxylic acids is 1. The molecule has 0 aliphatic carbocycles. The fourth-order valence-corrected chi connectivity index (χ4v) is 6.48. The average Bonchev–Trinajstić information content (AvgIpc) is 3.46. The van der Waals surface area contributed by atoms with E-state index >= 15 is 0 Å². The van der Waals surface area contributed by atoms with Gasteiger partial charge in [-0.15, -0.1) is 0 Å². The first-order chi connectivity index (χ1) is 19.1. The summed E-state index contributed by atoms with van der Waals surface area (Å²) in [5, 5.41) is 1.88. The Morgan fingerprint density at radius 3 is 2.41 bits per heavy atom. The zero-order valence-corrected chi connectivity index (χ0v) is 23.5. The Morgan fingerprint density at radius 2 is 1.67 bits per heavy atom. The number of hydrogen-bond donors (Lipinski definition) is 0. The van der Waals surface area contributed by atoms with Crippen molar-refractivity contribution in [3.8, 4) is 0 Å². The first-order valence-corrected chi connectivity index (χ1v) is 14.7. The molecule has 3 heterocycles. The lowest BCUT2D eigenvalue weighted by Gasteiger charge is -2.28. The number of fused-ring (bicyclic) bond motifs is 1. The van der Waals surface area contributed by atoms with E-state index in [0.29, 0.717) is 11.4 Å². The van der Waals surface area contributed by atoms with Gasteiger partial charge in [0.2, 0.25) is 0 Å². The number of hydrogen-bond acceptors (Lipinski definition) is 4. The lowest BCUT2D eigenvalue weighted by atomic mass is 10.1. The summed E-state index contributed by atoms with van der Waals surface area (Å²) < 4.78 is 2.27. The Balaban J connectivity index is 1.28. The summed E-state index contributed by atoms with van der Waals surface area (Å²) in [4.78, 5) is 23.2. The zero-order chi connectivity index (χ0) is 26.8. The van der Waals surface area contributed by atoms with Crippen LogP contribution in [-0.4, -0.2) is 40.2 Å². The van der Waals surface area contributed by atoms with Crippen LogP contribution in [-0.2, 0) is 11.3 Å². The topological polar surface area (TPSA) is 40.8 Å². The molecule has 0 saturated carbocycles. The van der Waals surface area contributed by atoms with E-state index in [0.717, 1.165) is 47.0 Å². The standard InChI is InChI=1S/C33H34N4OS/c1-3-37-32(38)31(39-33(37)34-27-15-17-28(18-16-27)35-19-7-4-8-20-35)21-26-23-36(30-10-6-5-9-29(26)30)22-25-13-11-24(2)12-14-25/h5-6,9-18,21,23H,3-4,7-8,19-20,22H2,1-2H3/b31-21-,34-33?. The van der Waals surface area contributed by atoms with Crippen molar-refractivity contribution < 1.29 is 4.79 Å². The van der Waals surface area contributed by atoms with Gasteiger partial charge >= 0.3 is 0 Å². The maximum atomic E-state index is 13.4. The van der Waals surface area contributed by atoms with Crippen LogP contribution >= 0.6 is 11.8 Å². The zero-order valence-electron chi connectivity index (χ0n) is 22.6. The van der Waals surface area contributed by atoms with Crippen LogP contribution < -0.4 is 4.90 Å². The number of amides is 1. The monoisotopic (exact) mass is 534 g/mol. The van der Waals surface area contributed by atoms with E-state index in [1.807, 2.05) is 13.0 Å². The maximum absolute atomic E-state index is 13.4. The van der Waals surface area contributed by atoms with Crippen LogP contribution in [0.3, 0.4) is 0 Å². The Kier molecular flexibility index (Phi) is 7.29. The summed E-state index contributed by atoms with van der Waals surface area (Å²) in [6.07, 6.45) is 8.03. The van der Waals surface area contributed by atoms with Crippen molar-refractivity contribution >= 4 is 51.2 Å². The van der Waals surface area contributed by atoms with Gasteiger partial charge in [0.1, 0.15) is 0 Å². The molecule has 4 aromatic rings. The SMILES string of the molecule is CCN1C(=O)/C(=C/c2cn(Cc3ccc(C)cc3)c3ccccc23)SC1=Nc1ccc(N2CCCCC2)cc1. The number of benzene rings is 3. The van der Waals surface area contributed by atoms with E-state index in [2.05, 4.69) is 95.4 Å². The predicted octanol–water partition coefficient (Wildman–Crippen LogP) is 7.61. The van der Waals surface area contributed by atoms with E-state index in [9.17, 15) is 4.79 Å². The van der Waals surface area contributed by atoms with Crippen LogP contribution in [0.25, 0.3) is 17.0 Å². The molecule has 0 spiro atoms. The van der Waals surface area contributed by atoms with Gasteiger partial charge in [-0.1, -0.05) is 48.0 Å². The van der Waals surface area contributed by atoms with Gasteiger partial charge in [-0.05, 0) is 86.8 Å². The van der Waals surface area contributed by atoms with Gasteiger partial charge in [0.15, 0.2) is 5.17 Å². The molecule has 1 aromatic heterocycles. The van der Waals surface area contributed by atoms with Gasteiger partial charge in [0.05, 0.1) is 10.6 Å². The molecule has 39 heavy (non-hydrogen) atoms. The highest BCUT2D eigenvalue weighted by Crippen LogP contribution is 2.36. The molecule has 2 aliphatic heterocycles. The van der Waals surface area contributed by atoms with Gasteiger partial charge in [0.25, 0.3) is 5.91 Å². The number of aliphatic imine (C=N–C) groups is 1. The van der Waals surface area contributed by atoms with Crippen LogP contribution in [0.2, 0.25) is 0 Å². The van der Waals surface area contributed by atoms with Gasteiger partial charge in [-0.2, -0.15) is 0 Å². The Bertz CT molecular complexity index is 1540. The van der Waals surface area contributed by atoms with Crippen LogP contribution in [0.15, 0.2) is 88.9 Å². The number of rotatable bonds is 6. The molecule has 1 amide bonds. The molecule has 2 aliphatic rings. The molecule has 0 N–H and O–H groups in total. The number of aromatic nitrogens is 1. The van der Waals surface area contributed by atoms with Crippen molar-refractivity contribution in [3.05, 3.63) is 101 Å². The minimum atomic E-state index is 0.0153. The van der Waals surface area contributed by atoms with E-state index < -0.39 is 0 Å². The first-order valence-electron chi connectivity index (χ1n) is 13.9. The van der Waals surface area contributed by atoms with E-state index in [1.165, 1.54) is 47.8 Å². The number of thioether (sulfide) groups is 1. The molecule has 2 fully saturated rings. The second kappa shape index (κ2) is 11.1. The highest BCUT2D eigenvalue weighted by molar-refractivity contribution is 8.18. The lowest BCUT2D eigenvalue weighted by molar-refractivity contribution is -0.122. The van der Waals surface area contributed by atoms with E-state index in [1.54, 1.807) is 4.90 Å². The van der Waals surface area contributed by atoms with Crippen LogP contribution in [0, 0.1) is 6.92 Å². The van der Waals surface area contributed by atoms with Crippen LogP contribution in [0.5, 0.6) is 0 Å². The molecule has 0 unspecified atom stereocenters. The predicted molar refractivity (Wildman–Crippen MR) is 165 cm³/mol. The molecule has 0 bridgehead atoms. The molecule has 198 valence electrons. The molecule has 0 radical (unpaired) electrons. The van der Waals surface area contributed by atoms with Crippen molar-refractivity contribution in [2.24, 2.45) is 4.99 Å². The van der Waals surface area contributed by atoms with E-state index in [4.69, 9.17) is 4.99 Å². The molecule has 5 nitrogen and oxygen atoms in total. The van der Waals surface area contributed by atoms with Crippen molar-refractivity contribution in [3.63, 3.8) is 0 Å². The number of likely N-dealkylation sites (N-methyl/N-ethyl adjacent to an activating group) is 1. The highest BCUT2D eigenvalue weighted by atomic mass is 32.2. The first kappa shape index (κ1) is 25.5. The highest BCUT2D eigenvalue weighted by Gasteiger charge is 2.32. The fourth-order valence-electron chi connectivity index (χ4n) is 5.42. The number of carbonyl (C=O) groups is 1. The molecule has 6 heteroatoms. The molecule has 2 saturated heterocycles. The number of aryl methyl sites for hydroxylation is 1. The average molecular weight is 535 g/mol. The Hall–Kier alpha value is -3.77. The Labute approximate surface area is 234 Å². The van der Waals surface area contributed by atoms with Crippen molar-refractivity contribution in [1.82, 2.24) is 9.47 Å². The van der Waals surface area contributed by atoms with Crippen LogP contribution in [0.1, 0.15) is 42.9 Å².